The first-order valence-electron chi connectivity index (χ1n) is 6.44. The first kappa shape index (κ1) is 16.4. The van der Waals surface area contributed by atoms with Crippen LogP contribution in [-0.4, -0.2) is 47.2 Å². The minimum Gasteiger partial charge on any atom is -0.493 e. The van der Waals surface area contributed by atoms with Gasteiger partial charge >= 0.3 is 0 Å². The van der Waals surface area contributed by atoms with Crippen molar-refractivity contribution in [2.75, 3.05) is 41.1 Å². The fourth-order valence-corrected chi connectivity index (χ4v) is 1.75. The van der Waals surface area contributed by atoms with Gasteiger partial charge in [0.1, 0.15) is 18.5 Å². The van der Waals surface area contributed by atoms with Crippen molar-refractivity contribution in [3.05, 3.63) is 12.1 Å². The molecule has 20 heavy (non-hydrogen) atoms. The molecule has 0 aliphatic carbocycles. The van der Waals surface area contributed by atoms with Crippen LogP contribution in [-0.2, 0) is 4.74 Å². The van der Waals surface area contributed by atoms with Crippen LogP contribution in [0, 0.1) is 0 Å². The van der Waals surface area contributed by atoms with Gasteiger partial charge in [0.25, 0.3) is 0 Å². The molecule has 6 nitrogen and oxygen atoms in total. The molecule has 0 fully saturated rings. The molecular weight excluding hydrogens is 262 g/mol. The third-order valence-electron chi connectivity index (χ3n) is 2.74. The van der Waals surface area contributed by atoms with Crippen LogP contribution in [0.4, 0.5) is 0 Å². The van der Waals surface area contributed by atoms with Crippen molar-refractivity contribution in [2.24, 2.45) is 5.73 Å². The number of methoxy groups -OCH3 is 3. The Balaban J connectivity index is 2.85. The highest BCUT2D eigenvalue weighted by Crippen LogP contribution is 2.40. The Hall–Kier alpha value is -1.66. The van der Waals surface area contributed by atoms with E-state index in [9.17, 15) is 0 Å². The maximum absolute atomic E-state index is 5.68. The molecule has 0 saturated carbocycles. The molecule has 1 unspecified atom stereocenters. The van der Waals surface area contributed by atoms with E-state index in [1.54, 1.807) is 33.5 Å². The van der Waals surface area contributed by atoms with Crippen molar-refractivity contribution in [1.29, 1.82) is 0 Å². The summed E-state index contributed by atoms with van der Waals surface area (Å²) in [6, 6.07) is 3.47. The van der Waals surface area contributed by atoms with Crippen LogP contribution in [0.15, 0.2) is 12.1 Å². The normalized spacial score (nSPS) is 11.8. The van der Waals surface area contributed by atoms with Crippen LogP contribution in [0.1, 0.15) is 6.92 Å². The molecule has 1 rings (SSSR count). The smallest absolute Gasteiger partial charge is 0.203 e. The fraction of sp³-hybridized carbons (Fsp3) is 0.571. The summed E-state index contributed by atoms with van der Waals surface area (Å²) in [5.41, 5.74) is 5.61. The van der Waals surface area contributed by atoms with Crippen LogP contribution in [0.3, 0.4) is 0 Å². The summed E-state index contributed by atoms with van der Waals surface area (Å²) < 4.78 is 26.9. The minimum atomic E-state index is -0.140. The molecule has 0 radical (unpaired) electrons. The summed E-state index contributed by atoms with van der Waals surface area (Å²) in [6.45, 7) is 3.28. The fourth-order valence-electron chi connectivity index (χ4n) is 1.75. The maximum Gasteiger partial charge on any atom is 0.203 e. The Morgan fingerprint density at radius 2 is 1.65 bits per heavy atom. The number of hydrogen-bond acceptors (Lipinski definition) is 6. The van der Waals surface area contributed by atoms with Gasteiger partial charge in [-0.1, -0.05) is 0 Å². The zero-order valence-electron chi connectivity index (χ0n) is 12.5. The number of ether oxygens (including phenoxy) is 5. The van der Waals surface area contributed by atoms with Gasteiger partial charge in [0, 0.05) is 25.3 Å². The average Bonchev–Trinajstić information content (AvgIpc) is 2.49. The second-order valence-corrected chi connectivity index (χ2v) is 3.99. The van der Waals surface area contributed by atoms with E-state index in [4.69, 9.17) is 29.4 Å². The molecule has 0 aromatic heterocycles. The van der Waals surface area contributed by atoms with Crippen molar-refractivity contribution >= 4 is 0 Å². The van der Waals surface area contributed by atoms with Crippen LogP contribution < -0.4 is 24.7 Å². The highest BCUT2D eigenvalue weighted by Gasteiger charge is 2.15. The number of rotatable bonds is 9. The average molecular weight is 285 g/mol. The summed E-state index contributed by atoms with van der Waals surface area (Å²) in [7, 11) is 4.67. The maximum atomic E-state index is 5.68. The molecule has 0 saturated heterocycles. The number of hydrogen-bond donors (Lipinski definition) is 1. The van der Waals surface area contributed by atoms with Gasteiger partial charge in [-0.2, -0.15) is 0 Å². The highest BCUT2D eigenvalue weighted by molar-refractivity contribution is 5.55. The Labute approximate surface area is 119 Å². The molecule has 0 heterocycles. The highest BCUT2D eigenvalue weighted by atomic mass is 16.5. The van der Waals surface area contributed by atoms with E-state index >= 15 is 0 Å². The van der Waals surface area contributed by atoms with E-state index in [1.165, 1.54) is 0 Å². The lowest BCUT2D eigenvalue weighted by molar-refractivity contribution is 0.0335. The molecule has 1 aromatic rings. The molecule has 1 aromatic carbocycles. The standard InChI is InChI=1S/C14H23NO5/c1-5-19-11(8-15)9-20-10-6-12(16-2)14(18-4)13(7-10)17-3/h6-7,11H,5,8-9,15H2,1-4H3. The number of nitrogens with two attached hydrogens (primary N) is 1. The van der Waals surface area contributed by atoms with E-state index in [0.717, 1.165) is 0 Å². The Morgan fingerprint density at radius 3 is 2.05 bits per heavy atom. The molecule has 0 bridgehead atoms. The second-order valence-electron chi connectivity index (χ2n) is 3.99. The van der Waals surface area contributed by atoms with Crippen molar-refractivity contribution in [2.45, 2.75) is 13.0 Å². The van der Waals surface area contributed by atoms with Crippen LogP contribution >= 0.6 is 0 Å². The summed E-state index contributed by atoms with van der Waals surface area (Å²) in [4.78, 5) is 0. The summed E-state index contributed by atoms with van der Waals surface area (Å²) >= 11 is 0. The lowest BCUT2D eigenvalue weighted by Gasteiger charge is -2.18. The minimum absolute atomic E-state index is 0.140. The van der Waals surface area contributed by atoms with E-state index in [-0.39, 0.29) is 6.10 Å². The topological polar surface area (TPSA) is 72.2 Å². The van der Waals surface area contributed by atoms with Gasteiger partial charge in [0.2, 0.25) is 5.75 Å². The Bertz CT molecular complexity index is 386. The summed E-state index contributed by atoms with van der Waals surface area (Å²) in [5.74, 6) is 2.23. The second kappa shape index (κ2) is 8.50. The lowest BCUT2D eigenvalue weighted by Crippen LogP contribution is -2.30. The third-order valence-corrected chi connectivity index (χ3v) is 2.74. The monoisotopic (exact) mass is 285 g/mol. The van der Waals surface area contributed by atoms with E-state index in [0.29, 0.717) is 42.8 Å². The number of benzene rings is 1. The molecule has 0 aliphatic heterocycles. The SMILES string of the molecule is CCOC(CN)COc1cc(OC)c(OC)c(OC)c1. The predicted octanol–water partition coefficient (Wildman–Crippen LogP) is 1.45. The van der Waals surface area contributed by atoms with Crippen LogP contribution in [0.5, 0.6) is 23.0 Å². The molecule has 114 valence electrons. The van der Waals surface area contributed by atoms with Gasteiger partial charge in [-0.05, 0) is 6.92 Å². The van der Waals surface area contributed by atoms with E-state index < -0.39 is 0 Å². The zero-order chi connectivity index (χ0) is 15.0. The zero-order valence-corrected chi connectivity index (χ0v) is 12.5. The quantitative estimate of drug-likeness (QED) is 0.740. The molecule has 0 amide bonds. The van der Waals surface area contributed by atoms with Gasteiger partial charge < -0.3 is 29.4 Å². The van der Waals surface area contributed by atoms with Crippen LogP contribution in [0.25, 0.3) is 0 Å². The molecule has 2 N–H and O–H groups in total. The van der Waals surface area contributed by atoms with Gasteiger partial charge in [0.05, 0.1) is 21.3 Å². The van der Waals surface area contributed by atoms with E-state index in [1.807, 2.05) is 6.92 Å². The first-order valence-corrected chi connectivity index (χ1v) is 6.44. The molecule has 0 aliphatic rings. The van der Waals surface area contributed by atoms with Gasteiger partial charge in [-0.3, -0.25) is 0 Å². The summed E-state index contributed by atoms with van der Waals surface area (Å²) in [5, 5.41) is 0. The Kier molecular flexibility index (Phi) is 6.97. The summed E-state index contributed by atoms with van der Waals surface area (Å²) in [6.07, 6.45) is -0.140. The predicted molar refractivity (Wildman–Crippen MR) is 76.1 cm³/mol. The first-order chi connectivity index (χ1) is 9.69. The van der Waals surface area contributed by atoms with Gasteiger partial charge in [0.15, 0.2) is 11.5 Å². The van der Waals surface area contributed by atoms with Crippen LogP contribution in [0.2, 0.25) is 0 Å². The molecule has 0 spiro atoms. The van der Waals surface area contributed by atoms with Crippen molar-refractivity contribution in [3.8, 4) is 23.0 Å². The molecular formula is C14H23NO5. The third kappa shape index (κ3) is 4.18. The van der Waals surface area contributed by atoms with Gasteiger partial charge in [-0.25, -0.2) is 0 Å². The largest absolute Gasteiger partial charge is 0.493 e. The van der Waals surface area contributed by atoms with Gasteiger partial charge in [-0.15, -0.1) is 0 Å². The van der Waals surface area contributed by atoms with Crippen molar-refractivity contribution < 1.29 is 23.7 Å². The Morgan fingerprint density at radius 1 is 1.05 bits per heavy atom. The molecule has 6 heteroatoms. The van der Waals surface area contributed by atoms with E-state index in [2.05, 4.69) is 0 Å². The van der Waals surface area contributed by atoms with Crippen molar-refractivity contribution in [3.63, 3.8) is 0 Å². The van der Waals surface area contributed by atoms with Crippen molar-refractivity contribution in [1.82, 2.24) is 0 Å². The lowest BCUT2D eigenvalue weighted by atomic mass is 10.2. The molecule has 1 atom stereocenters.